The highest BCUT2D eigenvalue weighted by Crippen LogP contribution is 2.18. The molecule has 0 aromatic heterocycles. The van der Waals surface area contributed by atoms with Crippen molar-refractivity contribution in [3.05, 3.63) is 59.7 Å². The lowest BCUT2D eigenvalue weighted by Crippen LogP contribution is -2.48. The molecular formula is C27H37N3O4S. The normalized spacial score (nSPS) is 10.3. The van der Waals surface area contributed by atoms with Crippen LogP contribution in [0.5, 0.6) is 11.5 Å². The average Bonchev–Trinajstić information content (AvgIpc) is 2.87. The summed E-state index contributed by atoms with van der Waals surface area (Å²) in [6.07, 6.45) is 8.89. The van der Waals surface area contributed by atoms with Crippen molar-refractivity contribution in [3.8, 4) is 11.5 Å². The molecule has 0 saturated carbocycles. The molecule has 0 atom stereocenters. The van der Waals surface area contributed by atoms with E-state index in [1.54, 1.807) is 42.5 Å². The molecule has 8 heteroatoms. The van der Waals surface area contributed by atoms with Crippen LogP contribution in [0.1, 0.15) is 85.9 Å². The molecule has 2 aromatic carbocycles. The van der Waals surface area contributed by atoms with Gasteiger partial charge in [0.1, 0.15) is 11.5 Å². The van der Waals surface area contributed by atoms with Crippen LogP contribution in [0.25, 0.3) is 0 Å². The van der Waals surface area contributed by atoms with Gasteiger partial charge in [-0.1, -0.05) is 64.5 Å². The van der Waals surface area contributed by atoms with Gasteiger partial charge >= 0.3 is 0 Å². The van der Waals surface area contributed by atoms with E-state index < -0.39 is 5.91 Å². The van der Waals surface area contributed by atoms with Crippen LogP contribution < -0.4 is 25.6 Å². The highest BCUT2D eigenvalue weighted by molar-refractivity contribution is 7.80. The van der Waals surface area contributed by atoms with Gasteiger partial charge in [-0.25, -0.2) is 0 Å². The standard InChI is InChI=1S/C27H37N3O4S/c1-3-5-7-11-19-33-22-17-15-21(16-18-22)25(31)29-30-27(35)28-26(32)23-13-9-10-14-24(23)34-20-12-8-6-4-2/h9-10,13-18H,3-8,11-12,19-20H2,1-2H3,(H,29,31)(H2,28,30,32,35). The van der Waals surface area contributed by atoms with Gasteiger partial charge in [-0.05, 0) is 61.5 Å². The van der Waals surface area contributed by atoms with Crippen molar-refractivity contribution in [3.63, 3.8) is 0 Å². The summed E-state index contributed by atoms with van der Waals surface area (Å²) in [4.78, 5) is 25.1. The molecule has 2 aromatic rings. The summed E-state index contributed by atoms with van der Waals surface area (Å²) in [6, 6.07) is 13.9. The second-order valence-corrected chi connectivity index (χ2v) is 8.61. The van der Waals surface area contributed by atoms with E-state index in [0.29, 0.717) is 30.1 Å². The van der Waals surface area contributed by atoms with Crippen molar-refractivity contribution in [1.82, 2.24) is 16.2 Å². The molecule has 0 fully saturated rings. The summed E-state index contributed by atoms with van der Waals surface area (Å²) >= 11 is 5.16. The van der Waals surface area contributed by atoms with Crippen LogP contribution in [0.15, 0.2) is 48.5 Å². The van der Waals surface area contributed by atoms with Crippen LogP contribution in [0, 0.1) is 0 Å². The zero-order valence-corrected chi connectivity index (χ0v) is 21.5. The highest BCUT2D eigenvalue weighted by atomic mass is 32.1. The van der Waals surface area contributed by atoms with E-state index >= 15 is 0 Å². The van der Waals surface area contributed by atoms with E-state index in [1.807, 2.05) is 6.07 Å². The number of thiocarbonyl (C=S) groups is 1. The fraction of sp³-hybridized carbons (Fsp3) is 0.444. The van der Waals surface area contributed by atoms with Crippen molar-refractivity contribution >= 4 is 29.1 Å². The minimum absolute atomic E-state index is 0.0202. The van der Waals surface area contributed by atoms with Gasteiger partial charge in [0.05, 0.1) is 18.8 Å². The lowest BCUT2D eigenvalue weighted by molar-refractivity contribution is 0.0933. The molecule has 0 unspecified atom stereocenters. The Balaban J connectivity index is 1.77. The first-order valence-corrected chi connectivity index (χ1v) is 12.8. The highest BCUT2D eigenvalue weighted by Gasteiger charge is 2.14. The van der Waals surface area contributed by atoms with Crippen molar-refractivity contribution in [2.24, 2.45) is 0 Å². The first-order valence-electron chi connectivity index (χ1n) is 12.4. The summed E-state index contributed by atoms with van der Waals surface area (Å²) in [5.41, 5.74) is 5.87. The number of rotatable bonds is 14. The predicted octanol–water partition coefficient (Wildman–Crippen LogP) is 5.55. The van der Waals surface area contributed by atoms with Gasteiger partial charge < -0.3 is 9.47 Å². The second kappa shape index (κ2) is 16.5. The Labute approximate surface area is 213 Å². The Morgan fingerprint density at radius 2 is 1.37 bits per heavy atom. The average molecular weight is 500 g/mol. The summed E-state index contributed by atoms with van der Waals surface area (Å²) in [5.74, 6) is 0.425. The number of para-hydroxylation sites is 1. The van der Waals surface area contributed by atoms with Gasteiger partial charge in [0.25, 0.3) is 11.8 Å². The van der Waals surface area contributed by atoms with Gasteiger partial charge in [0, 0.05) is 5.56 Å². The summed E-state index contributed by atoms with van der Waals surface area (Å²) in [6.45, 7) is 5.53. The molecule has 7 nitrogen and oxygen atoms in total. The number of benzene rings is 2. The number of unbranched alkanes of at least 4 members (excludes halogenated alkanes) is 6. The largest absolute Gasteiger partial charge is 0.494 e. The van der Waals surface area contributed by atoms with Gasteiger partial charge in [0.15, 0.2) is 5.11 Å². The zero-order chi connectivity index (χ0) is 25.3. The molecule has 2 rings (SSSR count). The molecule has 3 N–H and O–H groups in total. The molecule has 0 aliphatic heterocycles. The number of ether oxygens (including phenoxy) is 2. The van der Waals surface area contributed by atoms with E-state index in [0.717, 1.165) is 44.3 Å². The Morgan fingerprint density at radius 1 is 0.743 bits per heavy atom. The smallest absolute Gasteiger partial charge is 0.269 e. The lowest BCUT2D eigenvalue weighted by Gasteiger charge is -2.13. The van der Waals surface area contributed by atoms with Gasteiger partial charge in [0.2, 0.25) is 0 Å². The van der Waals surface area contributed by atoms with Crippen LogP contribution in [0.2, 0.25) is 0 Å². The van der Waals surface area contributed by atoms with E-state index in [9.17, 15) is 9.59 Å². The summed E-state index contributed by atoms with van der Waals surface area (Å²) in [7, 11) is 0. The van der Waals surface area contributed by atoms with Gasteiger partial charge in [-0.2, -0.15) is 0 Å². The van der Waals surface area contributed by atoms with Crippen molar-refractivity contribution < 1.29 is 19.1 Å². The van der Waals surface area contributed by atoms with E-state index in [4.69, 9.17) is 21.7 Å². The molecule has 0 aliphatic carbocycles. The molecular weight excluding hydrogens is 462 g/mol. The fourth-order valence-corrected chi connectivity index (χ4v) is 3.44. The Bertz CT molecular complexity index is 934. The predicted molar refractivity (Wildman–Crippen MR) is 143 cm³/mol. The molecule has 2 amide bonds. The van der Waals surface area contributed by atoms with Crippen molar-refractivity contribution in [1.29, 1.82) is 0 Å². The van der Waals surface area contributed by atoms with Gasteiger partial charge in [-0.3, -0.25) is 25.8 Å². The van der Waals surface area contributed by atoms with Crippen LogP contribution in [0.4, 0.5) is 0 Å². The SMILES string of the molecule is CCCCCCOc1ccc(C(=O)NNC(=S)NC(=O)c2ccccc2OCCCCCC)cc1. The first kappa shape index (κ1) is 28.1. The number of hydrazine groups is 1. The number of carbonyl (C=O) groups excluding carboxylic acids is 2. The number of carbonyl (C=O) groups is 2. The molecule has 0 heterocycles. The Hall–Kier alpha value is -3.13. The molecule has 0 aliphatic rings. The van der Waals surface area contributed by atoms with Crippen LogP contribution >= 0.6 is 12.2 Å². The maximum Gasteiger partial charge on any atom is 0.269 e. The Morgan fingerprint density at radius 3 is 2.03 bits per heavy atom. The van der Waals surface area contributed by atoms with Crippen molar-refractivity contribution in [2.45, 2.75) is 65.2 Å². The summed E-state index contributed by atoms with van der Waals surface area (Å²) in [5, 5.41) is 2.55. The number of amides is 2. The molecule has 0 saturated heterocycles. The first-order chi connectivity index (χ1) is 17.0. The third-order valence-corrected chi connectivity index (χ3v) is 5.49. The lowest BCUT2D eigenvalue weighted by atomic mass is 10.2. The molecule has 0 radical (unpaired) electrons. The minimum atomic E-state index is -0.415. The number of hydrogen-bond acceptors (Lipinski definition) is 5. The summed E-state index contributed by atoms with van der Waals surface area (Å²) < 4.78 is 11.5. The zero-order valence-electron chi connectivity index (χ0n) is 20.7. The monoisotopic (exact) mass is 499 g/mol. The topological polar surface area (TPSA) is 88.7 Å². The molecule has 0 bridgehead atoms. The quantitative estimate of drug-likeness (QED) is 0.179. The van der Waals surface area contributed by atoms with Crippen LogP contribution in [-0.4, -0.2) is 30.1 Å². The second-order valence-electron chi connectivity index (χ2n) is 8.20. The molecule has 0 spiro atoms. The number of nitrogens with one attached hydrogen (secondary N) is 3. The van der Waals surface area contributed by atoms with Gasteiger partial charge in [-0.15, -0.1) is 0 Å². The molecule has 35 heavy (non-hydrogen) atoms. The molecule has 190 valence electrons. The van der Waals surface area contributed by atoms with E-state index in [1.165, 1.54) is 12.8 Å². The fourth-order valence-electron chi connectivity index (χ4n) is 3.30. The van der Waals surface area contributed by atoms with Crippen LogP contribution in [0.3, 0.4) is 0 Å². The minimum Gasteiger partial charge on any atom is -0.494 e. The number of hydrogen-bond donors (Lipinski definition) is 3. The Kier molecular flexibility index (Phi) is 13.2. The third kappa shape index (κ3) is 10.8. The van der Waals surface area contributed by atoms with E-state index in [-0.39, 0.29) is 11.0 Å². The van der Waals surface area contributed by atoms with E-state index in [2.05, 4.69) is 30.0 Å². The van der Waals surface area contributed by atoms with Crippen molar-refractivity contribution in [2.75, 3.05) is 13.2 Å². The third-order valence-electron chi connectivity index (χ3n) is 5.29. The maximum atomic E-state index is 12.7. The van der Waals surface area contributed by atoms with Crippen LogP contribution in [-0.2, 0) is 0 Å². The maximum absolute atomic E-state index is 12.7.